The van der Waals surface area contributed by atoms with Gasteiger partial charge in [-0.1, -0.05) is 48.5 Å². The molecule has 0 saturated carbocycles. The summed E-state index contributed by atoms with van der Waals surface area (Å²) < 4.78 is 12.0. The molecule has 4 aliphatic rings. The summed E-state index contributed by atoms with van der Waals surface area (Å²) in [5.41, 5.74) is 0.378. The topological polar surface area (TPSA) is 144 Å². The van der Waals surface area contributed by atoms with Crippen molar-refractivity contribution in [3.8, 4) is 11.5 Å². The van der Waals surface area contributed by atoms with Crippen molar-refractivity contribution in [2.45, 2.75) is 45.0 Å². The maximum Gasteiger partial charge on any atom is 0.202 e. The lowest BCUT2D eigenvalue weighted by Crippen LogP contribution is -2.47. The molecule has 0 spiro atoms. The molecule has 0 saturated heterocycles. The van der Waals surface area contributed by atoms with Gasteiger partial charge in [0.1, 0.15) is 23.4 Å². The van der Waals surface area contributed by atoms with E-state index < -0.39 is 53.1 Å². The molecule has 46 heavy (non-hydrogen) atoms. The van der Waals surface area contributed by atoms with E-state index in [-0.39, 0.29) is 69.1 Å². The van der Waals surface area contributed by atoms with Gasteiger partial charge in [-0.05, 0) is 36.8 Å². The molecule has 9 nitrogen and oxygen atoms in total. The molecule has 9 heteroatoms. The van der Waals surface area contributed by atoms with E-state index in [4.69, 9.17) is 9.47 Å². The van der Waals surface area contributed by atoms with E-state index in [0.29, 0.717) is 21.5 Å². The Morgan fingerprint density at radius 3 is 1.98 bits per heavy atom. The predicted molar refractivity (Wildman–Crippen MR) is 165 cm³/mol. The largest absolute Gasteiger partial charge is 0.507 e. The van der Waals surface area contributed by atoms with Gasteiger partial charge in [-0.2, -0.15) is 0 Å². The number of phenolic OH excluding ortho intramolecular Hbond substituents is 2. The number of aromatic hydroxyl groups is 2. The summed E-state index contributed by atoms with van der Waals surface area (Å²) in [5.74, 6) is -3.93. The normalized spacial score (nSPS) is 24.0. The van der Waals surface area contributed by atoms with Gasteiger partial charge >= 0.3 is 0 Å². The Labute approximate surface area is 261 Å². The number of rotatable bonds is 2. The number of hydrogen-bond acceptors (Lipinski definition) is 9. The lowest BCUT2D eigenvalue weighted by Gasteiger charge is -2.38. The van der Waals surface area contributed by atoms with Crippen molar-refractivity contribution in [1.82, 2.24) is 0 Å². The van der Waals surface area contributed by atoms with Crippen molar-refractivity contribution in [2.75, 3.05) is 0 Å². The van der Waals surface area contributed by atoms with Crippen molar-refractivity contribution >= 4 is 50.5 Å². The van der Waals surface area contributed by atoms with E-state index in [1.807, 2.05) is 0 Å². The minimum atomic E-state index is -1.19. The van der Waals surface area contributed by atoms with Gasteiger partial charge in [0, 0.05) is 51.5 Å². The Balaban J connectivity index is 1.12. The maximum absolute atomic E-state index is 14.0. The summed E-state index contributed by atoms with van der Waals surface area (Å²) in [7, 11) is 0. The highest BCUT2D eigenvalue weighted by Gasteiger charge is 2.49. The molecule has 2 aliphatic carbocycles. The molecule has 0 amide bonds. The maximum atomic E-state index is 14.0. The van der Waals surface area contributed by atoms with E-state index in [9.17, 15) is 34.2 Å². The van der Waals surface area contributed by atoms with Gasteiger partial charge in [-0.3, -0.25) is 24.0 Å². The monoisotopic (exact) mass is 614 g/mol. The van der Waals surface area contributed by atoms with Crippen molar-refractivity contribution in [1.29, 1.82) is 0 Å². The zero-order valence-corrected chi connectivity index (χ0v) is 24.7. The van der Waals surface area contributed by atoms with Crippen LogP contribution in [0.4, 0.5) is 0 Å². The molecule has 8 rings (SSSR count). The van der Waals surface area contributed by atoms with E-state index >= 15 is 0 Å². The first-order valence-electron chi connectivity index (χ1n) is 15.0. The van der Waals surface area contributed by atoms with Crippen LogP contribution in [-0.2, 0) is 14.3 Å². The van der Waals surface area contributed by atoms with E-state index in [0.717, 1.165) is 0 Å². The van der Waals surface area contributed by atoms with Gasteiger partial charge in [0.2, 0.25) is 5.78 Å². The molecule has 4 atom stereocenters. The van der Waals surface area contributed by atoms with Crippen LogP contribution in [0.2, 0.25) is 0 Å². The fraction of sp³-hybridized carbons (Fsp3) is 0.216. The fourth-order valence-electron chi connectivity index (χ4n) is 7.56. The van der Waals surface area contributed by atoms with E-state index in [2.05, 4.69) is 0 Å². The molecule has 0 radical (unpaired) electrons. The lowest BCUT2D eigenvalue weighted by atomic mass is 9.72. The quantitative estimate of drug-likeness (QED) is 0.295. The summed E-state index contributed by atoms with van der Waals surface area (Å²) in [6.45, 7) is 3.11. The molecule has 2 heterocycles. The number of fused-ring (bicyclic) bond motifs is 5. The van der Waals surface area contributed by atoms with E-state index in [1.165, 1.54) is 6.92 Å². The van der Waals surface area contributed by atoms with Crippen LogP contribution >= 0.6 is 0 Å². The summed E-state index contributed by atoms with van der Waals surface area (Å²) in [5, 5.41) is 24.2. The Hall–Kier alpha value is -5.41. The molecular formula is C37H26O9. The second kappa shape index (κ2) is 9.79. The minimum Gasteiger partial charge on any atom is -0.507 e. The molecule has 0 aromatic heterocycles. The number of allylic oxidation sites excluding steroid dienone is 2. The molecule has 4 unspecified atom stereocenters. The average molecular weight is 615 g/mol. The Morgan fingerprint density at radius 1 is 0.761 bits per heavy atom. The first-order chi connectivity index (χ1) is 22.1. The number of phenols is 2. The molecule has 2 aliphatic heterocycles. The number of hydrogen-bond donors (Lipinski definition) is 2. The lowest BCUT2D eigenvalue weighted by molar-refractivity contribution is -0.144. The fourth-order valence-corrected chi connectivity index (χ4v) is 7.56. The standard InChI is InChI=1S/C37H26O9/c1-15-27-23(35(42)29-21(33(27)40)11-17-7-3-5-9-19(17)31(29)38)13-25(45-15)37(44)26-14-24-28(16(2)46-26)34(41)22-12-18-8-4-6-10-20(18)32(39)30(22)36(24)43/h3-12,15,24-26,38-39H,13-14H2,1-2H3. The number of carbonyl (C=O) groups is 5. The third-order valence-corrected chi connectivity index (χ3v) is 9.71. The van der Waals surface area contributed by atoms with Crippen LogP contribution in [0.15, 0.2) is 83.1 Å². The zero-order valence-electron chi connectivity index (χ0n) is 24.7. The number of ether oxygens (including phenoxy) is 2. The summed E-state index contributed by atoms with van der Waals surface area (Å²) in [6, 6.07) is 17.0. The van der Waals surface area contributed by atoms with E-state index in [1.54, 1.807) is 67.6 Å². The Bertz CT molecular complexity index is 2220. The second-order valence-electron chi connectivity index (χ2n) is 12.2. The third kappa shape index (κ3) is 3.75. The van der Waals surface area contributed by atoms with Crippen LogP contribution < -0.4 is 0 Å². The van der Waals surface area contributed by atoms with Crippen molar-refractivity contribution in [3.63, 3.8) is 0 Å². The van der Waals surface area contributed by atoms with Crippen LogP contribution in [0.25, 0.3) is 21.5 Å². The summed E-state index contributed by atoms with van der Waals surface area (Å²) in [4.78, 5) is 68.9. The Kier molecular flexibility index (Phi) is 5.98. The first-order valence-corrected chi connectivity index (χ1v) is 15.0. The number of carbonyl (C=O) groups excluding carboxylic acids is 5. The number of Topliss-reactive ketones (excluding diaryl/α,β-unsaturated/α-hetero) is 5. The molecule has 2 N–H and O–H groups in total. The summed E-state index contributed by atoms with van der Waals surface area (Å²) >= 11 is 0. The molecule has 4 aromatic carbocycles. The van der Waals surface area contributed by atoms with Gasteiger partial charge in [-0.15, -0.1) is 0 Å². The number of ketones is 5. The van der Waals surface area contributed by atoms with Gasteiger partial charge in [0.25, 0.3) is 0 Å². The van der Waals surface area contributed by atoms with Gasteiger partial charge in [0.15, 0.2) is 29.2 Å². The van der Waals surface area contributed by atoms with Crippen LogP contribution in [0.5, 0.6) is 11.5 Å². The van der Waals surface area contributed by atoms with Gasteiger partial charge < -0.3 is 19.7 Å². The van der Waals surface area contributed by atoms with Gasteiger partial charge in [-0.25, -0.2) is 0 Å². The highest BCUT2D eigenvalue weighted by molar-refractivity contribution is 6.30. The zero-order chi connectivity index (χ0) is 32.2. The van der Waals surface area contributed by atoms with Crippen molar-refractivity contribution in [3.05, 3.63) is 105 Å². The van der Waals surface area contributed by atoms with Gasteiger partial charge in [0.05, 0.1) is 23.1 Å². The minimum absolute atomic E-state index is 0.0759. The smallest absolute Gasteiger partial charge is 0.202 e. The molecule has 4 aromatic rings. The van der Waals surface area contributed by atoms with Crippen LogP contribution in [0, 0.1) is 5.92 Å². The summed E-state index contributed by atoms with van der Waals surface area (Å²) in [6.07, 6.45) is -3.68. The molecule has 0 fully saturated rings. The van der Waals surface area contributed by atoms with Crippen molar-refractivity contribution in [2.24, 2.45) is 5.92 Å². The second-order valence-corrected chi connectivity index (χ2v) is 12.2. The first kappa shape index (κ1) is 28.1. The highest BCUT2D eigenvalue weighted by Crippen LogP contribution is 2.46. The highest BCUT2D eigenvalue weighted by atomic mass is 16.5. The molecule has 0 bridgehead atoms. The van der Waals surface area contributed by atoms with Crippen LogP contribution in [0.3, 0.4) is 0 Å². The van der Waals surface area contributed by atoms with Crippen LogP contribution in [0.1, 0.15) is 68.1 Å². The molecular weight excluding hydrogens is 588 g/mol. The number of benzene rings is 4. The average Bonchev–Trinajstić information content (AvgIpc) is 3.05. The SMILES string of the molecule is CC1=C2C(=O)c3cc4ccccc4c(O)c3C(=O)C2CC(C(=O)C2CC3=C(C(=O)c4cc5ccccc5c(O)c4C3=O)C(C)O2)O1. The van der Waals surface area contributed by atoms with Crippen molar-refractivity contribution < 1.29 is 43.7 Å². The molecule has 228 valence electrons. The third-order valence-electron chi connectivity index (χ3n) is 9.71. The Morgan fingerprint density at radius 2 is 1.33 bits per heavy atom. The van der Waals surface area contributed by atoms with Crippen LogP contribution in [-0.4, -0.2) is 57.4 Å². The predicted octanol–water partition coefficient (Wildman–Crippen LogP) is 5.58.